The van der Waals surface area contributed by atoms with Crippen LogP contribution in [-0.4, -0.2) is 48.3 Å². The van der Waals surface area contributed by atoms with Crippen LogP contribution in [0.5, 0.6) is 0 Å². The molecule has 0 aromatic heterocycles. The summed E-state index contributed by atoms with van der Waals surface area (Å²) >= 11 is 0. The first kappa shape index (κ1) is 13.8. The monoisotopic (exact) mass is 274 g/mol. The van der Waals surface area contributed by atoms with Gasteiger partial charge in [0.1, 0.15) is 0 Å². The molecule has 0 atom stereocenters. The predicted molar refractivity (Wildman–Crippen MR) is 54.6 cm³/mol. The molecule has 0 saturated carbocycles. The molecule has 7 nitrogen and oxygen atoms in total. The maximum atomic E-state index is 11.1. The van der Waals surface area contributed by atoms with E-state index in [1.54, 1.807) is 0 Å². The van der Waals surface area contributed by atoms with E-state index >= 15 is 0 Å². The Kier molecular flexibility index (Phi) is 3.95. The zero-order chi connectivity index (χ0) is 12.4. The highest BCUT2D eigenvalue weighted by Crippen LogP contribution is 2.29. The summed E-state index contributed by atoms with van der Waals surface area (Å²) in [6.45, 7) is 0.371. The minimum absolute atomic E-state index is 0.0488. The smallest absolute Gasteiger partial charge is 0.267 e. The first-order chi connectivity index (χ1) is 7.12. The molecule has 0 unspecified atom stereocenters. The molecular formula is C7H14O7S2. The molecule has 9 heteroatoms. The molecule has 0 aromatic carbocycles. The topological polar surface area (TPSA) is 96.0 Å². The largest absolute Gasteiger partial charge is 0.381 e. The van der Waals surface area contributed by atoms with E-state index in [-0.39, 0.29) is 26.1 Å². The van der Waals surface area contributed by atoms with Crippen LogP contribution in [-0.2, 0) is 33.3 Å². The average molecular weight is 274 g/mol. The normalized spacial score (nSPS) is 21.9. The van der Waals surface area contributed by atoms with E-state index < -0.39 is 26.0 Å². The summed E-state index contributed by atoms with van der Waals surface area (Å²) in [4.78, 5) is 0. The molecule has 1 rings (SSSR count). The van der Waals surface area contributed by atoms with E-state index in [0.29, 0.717) is 0 Å². The minimum atomic E-state index is -3.80. The van der Waals surface area contributed by atoms with Crippen LogP contribution < -0.4 is 0 Å². The molecule has 0 aliphatic carbocycles. The maximum Gasteiger partial charge on any atom is 0.267 e. The molecule has 0 spiro atoms. The molecule has 0 N–H and O–H groups in total. The van der Waals surface area contributed by atoms with Crippen molar-refractivity contribution in [3.05, 3.63) is 0 Å². The molecule has 0 amide bonds. The Bertz CT molecular complexity index is 393. The van der Waals surface area contributed by atoms with Crippen LogP contribution in [0.3, 0.4) is 0 Å². The molecule has 0 bridgehead atoms. The van der Waals surface area contributed by atoms with E-state index in [1.165, 1.54) is 0 Å². The van der Waals surface area contributed by atoms with Gasteiger partial charge in [0, 0.05) is 12.8 Å². The van der Waals surface area contributed by atoms with Crippen LogP contribution in [0.1, 0.15) is 12.8 Å². The second-order valence-corrected chi connectivity index (χ2v) is 6.75. The third kappa shape index (κ3) is 4.74. The van der Waals surface area contributed by atoms with E-state index in [4.69, 9.17) is 13.1 Å². The second-order valence-electron chi connectivity index (χ2n) is 3.60. The Labute approximate surface area is 94.9 Å². The summed E-state index contributed by atoms with van der Waals surface area (Å²) in [6, 6.07) is 0. The maximum absolute atomic E-state index is 11.1. The van der Waals surface area contributed by atoms with Gasteiger partial charge in [-0.25, -0.2) is 8.37 Å². The number of ether oxygens (including phenoxy) is 1. The Balaban J connectivity index is 2.92. The number of hydrogen-bond donors (Lipinski definition) is 0. The van der Waals surface area contributed by atoms with Gasteiger partial charge in [0.2, 0.25) is 5.79 Å². The van der Waals surface area contributed by atoms with Gasteiger partial charge < -0.3 is 4.74 Å². The van der Waals surface area contributed by atoms with Crippen LogP contribution >= 0.6 is 0 Å². The van der Waals surface area contributed by atoms with Crippen molar-refractivity contribution >= 4 is 20.2 Å². The minimum Gasteiger partial charge on any atom is -0.381 e. The summed E-state index contributed by atoms with van der Waals surface area (Å²) in [5, 5.41) is 0. The lowest BCUT2D eigenvalue weighted by Gasteiger charge is -2.33. The van der Waals surface area contributed by atoms with Gasteiger partial charge in [-0.1, -0.05) is 0 Å². The van der Waals surface area contributed by atoms with Gasteiger partial charge >= 0.3 is 0 Å². The summed E-state index contributed by atoms with van der Waals surface area (Å²) in [5.41, 5.74) is 0. The first-order valence-electron chi connectivity index (χ1n) is 4.51. The fourth-order valence-corrected chi connectivity index (χ4v) is 2.96. The Morgan fingerprint density at radius 1 is 0.938 bits per heavy atom. The third-order valence-electron chi connectivity index (χ3n) is 1.86. The van der Waals surface area contributed by atoms with Crippen molar-refractivity contribution in [2.24, 2.45) is 0 Å². The highest BCUT2D eigenvalue weighted by molar-refractivity contribution is 7.86. The van der Waals surface area contributed by atoms with E-state index in [0.717, 1.165) is 12.5 Å². The lowest BCUT2D eigenvalue weighted by Crippen LogP contribution is -2.44. The van der Waals surface area contributed by atoms with Gasteiger partial charge in [-0.05, 0) is 0 Å². The van der Waals surface area contributed by atoms with Gasteiger partial charge in [0.25, 0.3) is 20.2 Å². The fraction of sp³-hybridized carbons (Fsp3) is 1.00. The molecule has 1 heterocycles. The molecule has 1 fully saturated rings. The van der Waals surface area contributed by atoms with Gasteiger partial charge in [-0.15, -0.1) is 0 Å². The molecule has 1 saturated heterocycles. The first-order valence-corrected chi connectivity index (χ1v) is 8.14. The van der Waals surface area contributed by atoms with Crippen LogP contribution in [0.4, 0.5) is 0 Å². The van der Waals surface area contributed by atoms with Gasteiger partial charge in [-0.2, -0.15) is 16.8 Å². The summed E-state index contributed by atoms with van der Waals surface area (Å²) < 4.78 is 58.7. The lowest BCUT2D eigenvalue weighted by atomic mass is 10.1. The summed E-state index contributed by atoms with van der Waals surface area (Å²) in [5.74, 6) is -1.65. The zero-order valence-electron chi connectivity index (χ0n) is 9.00. The van der Waals surface area contributed by atoms with Crippen LogP contribution in [0.15, 0.2) is 0 Å². The van der Waals surface area contributed by atoms with Gasteiger partial charge in [0.05, 0.1) is 25.7 Å². The van der Waals surface area contributed by atoms with Crippen LogP contribution in [0.25, 0.3) is 0 Å². The van der Waals surface area contributed by atoms with Crippen molar-refractivity contribution in [1.82, 2.24) is 0 Å². The molecule has 1 aliphatic rings. The summed E-state index contributed by atoms with van der Waals surface area (Å²) in [6.07, 6.45) is 1.78. The highest BCUT2D eigenvalue weighted by Gasteiger charge is 2.41. The molecule has 0 aromatic rings. The van der Waals surface area contributed by atoms with Crippen molar-refractivity contribution in [1.29, 1.82) is 0 Å². The highest BCUT2D eigenvalue weighted by atomic mass is 32.2. The molecular weight excluding hydrogens is 260 g/mol. The average Bonchev–Trinajstić information content (AvgIpc) is 1.97. The Morgan fingerprint density at radius 3 is 1.62 bits per heavy atom. The Morgan fingerprint density at radius 2 is 1.31 bits per heavy atom. The lowest BCUT2D eigenvalue weighted by molar-refractivity contribution is -0.161. The number of rotatable bonds is 4. The fourth-order valence-electron chi connectivity index (χ4n) is 1.41. The van der Waals surface area contributed by atoms with E-state index in [9.17, 15) is 16.8 Å². The zero-order valence-corrected chi connectivity index (χ0v) is 10.6. The standard InChI is InChI=1S/C7H14O7S2/c1-15(8,9)13-7(14-16(2,10)11)3-5-12-6-4-7/h3-6H2,1-2H3. The van der Waals surface area contributed by atoms with Crippen LogP contribution in [0.2, 0.25) is 0 Å². The molecule has 1 aliphatic heterocycles. The quantitative estimate of drug-likeness (QED) is 0.501. The SMILES string of the molecule is CS(=O)(=O)OC1(OS(C)(=O)=O)CCOCC1. The van der Waals surface area contributed by atoms with Gasteiger partial charge in [0.15, 0.2) is 0 Å². The molecule has 96 valence electrons. The van der Waals surface area contributed by atoms with E-state index in [1.807, 2.05) is 0 Å². The van der Waals surface area contributed by atoms with Gasteiger partial charge in [-0.3, -0.25) is 0 Å². The molecule has 0 radical (unpaired) electrons. The number of hydrogen-bond acceptors (Lipinski definition) is 7. The van der Waals surface area contributed by atoms with Crippen molar-refractivity contribution in [3.8, 4) is 0 Å². The van der Waals surface area contributed by atoms with Crippen LogP contribution in [0, 0.1) is 0 Å². The van der Waals surface area contributed by atoms with E-state index in [2.05, 4.69) is 0 Å². The third-order valence-corrected chi connectivity index (χ3v) is 3.07. The predicted octanol–water partition coefficient (Wildman–Crippen LogP) is -0.554. The Hall–Kier alpha value is -0.220. The molecule has 16 heavy (non-hydrogen) atoms. The second kappa shape index (κ2) is 4.57. The van der Waals surface area contributed by atoms with Crippen molar-refractivity contribution in [2.75, 3.05) is 25.7 Å². The van der Waals surface area contributed by atoms with Crippen molar-refractivity contribution in [2.45, 2.75) is 18.6 Å². The van der Waals surface area contributed by atoms with Crippen molar-refractivity contribution in [3.63, 3.8) is 0 Å². The summed E-state index contributed by atoms with van der Waals surface area (Å²) in [7, 11) is -7.60. The van der Waals surface area contributed by atoms with Crippen molar-refractivity contribution < 1.29 is 29.9 Å².